The number of aliphatic hydroxyl groups is 1. The number of nitrogens with zero attached hydrogens (tertiary/aromatic N) is 4. The van der Waals surface area contributed by atoms with Gasteiger partial charge in [-0.15, -0.1) is 11.3 Å². The van der Waals surface area contributed by atoms with Crippen LogP contribution < -0.4 is 10.2 Å². The van der Waals surface area contributed by atoms with E-state index in [9.17, 15) is 5.11 Å². The van der Waals surface area contributed by atoms with Gasteiger partial charge in [0, 0.05) is 16.1 Å². The van der Waals surface area contributed by atoms with Crippen LogP contribution in [0.5, 0.6) is 0 Å². The lowest BCUT2D eigenvalue weighted by Gasteiger charge is -2.30. The fourth-order valence-electron chi connectivity index (χ4n) is 3.39. The Bertz CT molecular complexity index is 1280. The van der Waals surface area contributed by atoms with Crippen molar-refractivity contribution in [3.63, 3.8) is 0 Å². The zero-order chi connectivity index (χ0) is 21.4. The van der Waals surface area contributed by atoms with Gasteiger partial charge >= 0.3 is 6.01 Å². The zero-order valence-corrected chi connectivity index (χ0v) is 18.1. The third-order valence-electron chi connectivity index (χ3n) is 4.85. The number of halogens is 1. The summed E-state index contributed by atoms with van der Waals surface area (Å²) in [5.41, 5.74) is 3.84. The predicted molar refractivity (Wildman–Crippen MR) is 124 cm³/mol. The molecule has 1 atom stereocenters. The van der Waals surface area contributed by atoms with Gasteiger partial charge in [0.15, 0.2) is 10.7 Å². The van der Waals surface area contributed by atoms with E-state index in [0.717, 1.165) is 16.8 Å². The second kappa shape index (κ2) is 8.14. The number of rotatable bonds is 4. The second-order valence-corrected chi connectivity index (χ2v) is 8.20. The highest BCUT2D eigenvalue weighted by Crippen LogP contribution is 2.35. The molecule has 0 amide bonds. The van der Waals surface area contributed by atoms with Gasteiger partial charge in [-0.3, -0.25) is 10.2 Å². The molecule has 0 saturated heterocycles. The average molecular weight is 452 g/mol. The molecule has 2 aromatic heterocycles. The van der Waals surface area contributed by atoms with Gasteiger partial charge in [-0.2, -0.15) is 4.98 Å². The van der Waals surface area contributed by atoms with Crippen molar-refractivity contribution >= 4 is 51.1 Å². The van der Waals surface area contributed by atoms with Crippen molar-refractivity contribution in [1.29, 1.82) is 0 Å². The average Bonchev–Trinajstić information content (AvgIpc) is 3.40. The van der Waals surface area contributed by atoms with Crippen molar-refractivity contribution in [2.45, 2.75) is 19.6 Å². The molecule has 0 radical (unpaired) electrons. The highest BCUT2D eigenvalue weighted by atomic mass is 35.5. The third-order valence-corrected chi connectivity index (χ3v) is 6.07. The molecule has 0 spiro atoms. The van der Waals surface area contributed by atoms with E-state index in [0.29, 0.717) is 33.4 Å². The van der Waals surface area contributed by atoms with Crippen LogP contribution in [0.15, 0.2) is 75.1 Å². The smallest absolute Gasteiger partial charge is 0.302 e. The van der Waals surface area contributed by atoms with Crippen molar-refractivity contribution < 1.29 is 9.52 Å². The number of benzene rings is 2. The summed E-state index contributed by atoms with van der Waals surface area (Å²) in [7, 11) is 0. The molecule has 2 aromatic carbocycles. The second-order valence-electron chi connectivity index (χ2n) is 6.95. The Kier molecular flexibility index (Phi) is 5.19. The minimum absolute atomic E-state index is 0.125. The summed E-state index contributed by atoms with van der Waals surface area (Å²) in [6, 6.07) is 15.2. The Morgan fingerprint density at radius 2 is 1.97 bits per heavy atom. The van der Waals surface area contributed by atoms with Gasteiger partial charge in [0.05, 0.1) is 12.3 Å². The number of anilines is 2. The zero-order valence-electron chi connectivity index (χ0n) is 16.5. The minimum Gasteiger partial charge on any atom is -0.423 e. The SMILES string of the molecule is CC1=CC(c2ccccc2Cl)N=C(Nc2nc3ccccc3o2)N1c1nc(CO)cs1. The molecule has 0 bridgehead atoms. The minimum atomic E-state index is -0.283. The first-order valence-electron chi connectivity index (χ1n) is 9.61. The number of hydrogen-bond donors (Lipinski definition) is 2. The Morgan fingerprint density at radius 3 is 2.74 bits per heavy atom. The van der Waals surface area contributed by atoms with Gasteiger partial charge < -0.3 is 9.52 Å². The number of guanidine groups is 1. The van der Waals surface area contributed by atoms with E-state index in [1.165, 1.54) is 11.3 Å². The van der Waals surface area contributed by atoms with Crippen LogP contribution in [-0.4, -0.2) is 21.0 Å². The number of nitrogens with one attached hydrogen (secondary N) is 1. The van der Waals surface area contributed by atoms with Gasteiger partial charge in [0.1, 0.15) is 11.6 Å². The first kappa shape index (κ1) is 19.7. The van der Waals surface area contributed by atoms with E-state index >= 15 is 0 Å². The van der Waals surface area contributed by atoms with E-state index in [2.05, 4.69) is 15.3 Å². The molecule has 0 saturated carbocycles. The fraction of sp³-hybridized carbons (Fsp3) is 0.136. The Labute approximate surface area is 187 Å². The van der Waals surface area contributed by atoms with Gasteiger partial charge in [0.2, 0.25) is 5.96 Å². The number of aromatic nitrogens is 2. The van der Waals surface area contributed by atoms with Crippen LogP contribution in [0, 0.1) is 0 Å². The summed E-state index contributed by atoms with van der Waals surface area (Å²) < 4.78 is 5.85. The Hall–Kier alpha value is -3.20. The maximum atomic E-state index is 9.44. The molecule has 0 aliphatic carbocycles. The number of aliphatic imine (C=N–C) groups is 1. The normalized spacial score (nSPS) is 16.4. The first-order chi connectivity index (χ1) is 15.1. The summed E-state index contributed by atoms with van der Waals surface area (Å²) in [6.45, 7) is 1.85. The quantitative estimate of drug-likeness (QED) is 0.434. The highest BCUT2D eigenvalue weighted by molar-refractivity contribution is 7.14. The van der Waals surface area contributed by atoms with Crippen molar-refractivity contribution in [2.75, 3.05) is 10.2 Å². The van der Waals surface area contributed by atoms with E-state index in [1.807, 2.05) is 71.8 Å². The summed E-state index contributed by atoms with van der Waals surface area (Å²) in [6.07, 6.45) is 2.03. The first-order valence-corrected chi connectivity index (χ1v) is 10.9. The van der Waals surface area contributed by atoms with Crippen molar-refractivity contribution in [3.05, 3.63) is 82.0 Å². The molecule has 31 heavy (non-hydrogen) atoms. The maximum Gasteiger partial charge on any atom is 0.302 e. The number of fused-ring (bicyclic) bond motifs is 1. The number of oxazole rings is 1. The van der Waals surface area contributed by atoms with Crippen LogP contribution in [0.3, 0.4) is 0 Å². The molecule has 0 fully saturated rings. The van der Waals surface area contributed by atoms with Crippen molar-refractivity contribution in [3.8, 4) is 0 Å². The van der Waals surface area contributed by atoms with Gasteiger partial charge in [-0.25, -0.2) is 9.98 Å². The van der Waals surface area contributed by atoms with Crippen LogP contribution in [0.25, 0.3) is 11.1 Å². The molecule has 1 unspecified atom stereocenters. The number of aliphatic hydroxyl groups excluding tert-OH is 1. The number of thiazole rings is 1. The maximum absolute atomic E-state index is 9.44. The highest BCUT2D eigenvalue weighted by Gasteiger charge is 2.28. The van der Waals surface area contributed by atoms with Gasteiger partial charge in [-0.05, 0) is 36.8 Å². The van der Waals surface area contributed by atoms with Crippen LogP contribution in [0.4, 0.5) is 11.1 Å². The molecular weight excluding hydrogens is 434 g/mol. The molecule has 1 aliphatic rings. The molecule has 5 rings (SSSR count). The number of allylic oxidation sites excluding steroid dienone is 1. The van der Waals surface area contributed by atoms with Crippen molar-refractivity contribution in [1.82, 2.24) is 9.97 Å². The molecular formula is C22H18ClN5O2S. The standard InChI is InChI=1S/C22H18ClN5O2S/c1-13-10-18(15-6-2-3-7-16(15)23)25-20(28(13)22-24-14(11-29)12-31-22)27-21-26-17-8-4-5-9-19(17)30-21/h2-10,12,18,29H,11H2,1H3,(H,25,26,27). The molecule has 9 heteroatoms. The molecule has 3 heterocycles. The molecule has 2 N–H and O–H groups in total. The summed E-state index contributed by atoms with van der Waals surface area (Å²) in [4.78, 5) is 15.8. The molecule has 7 nitrogen and oxygen atoms in total. The number of para-hydroxylation sites is 2. The van der Waals surface area contributed by atoms with Crippen molar-refractivity contribution in [2.24, 2.45) is 4.99 Å². The lowest BCUT2D eigenvalue weighted by Crippen LogP contribution is -2.38. The van der Waals surface area contributed by atoms with Crippen LogP contribution in [0.2, 0.25) is 5.02 Å². The summed E-state index contributed by atoms with van der Waals surface area (Å²) in [5, 5.41) is 15.8. The van der Waals surface area contributed by atoms with Gasteiger partial charge in [0.25, 0.3) is 0 Å². The topological polar surface area (TPSA) is 86.8 Å². The summed E-state index contributed by atoms with van der Waals surface area (Å²) >= 11 is 7.86. The molecule has 1 aliphatic heterocycles. The van der Waals surface area contributed by atoms with E-state index < -0.39 is 0 Å². The van der Waals surface area contributed by atoms with Gasteiger partial charge in [-0.1, -0.05) is 41.9 Å². The number of hydrogen-bond acceptors (Lipinski definition) is 8. The van der Waals surface area contributed by atoms with E-state index in [1.54, 1.807) is 0 Å². The monoisotopic (exact) mass is 451 g/mol. The molecule has 4 aromatic rings. The van der Waals surface area contributed by atoms with E-state index in [4.69, 9.17) is 21.0 Å². The lowest BCUT2D eigenvalue weighted by atomic mass is 10.1. The van der Waals surface area contributed by atoms with E-state index in [-0.39, 0.29) is 12.6 Å². The summed E-state index contributed by atoms with van der Waals surface area (Å²) in [5.74, 6) is 0.510. The predicted octanol–water partition coefficient (Wildman–Crippen LogP) is 5.36. The van der Waals surface area contributed by atoms with Crippen LogP contribution in [0.1, 0.15) is 24.2 Å². The van der Waals surface area contributed by atoms with Crippen LogP contribution >= 0.6 is 22.9 Å². The molecule has 156 valence electrons. The Balaban J connectivity index is 1.57. The fourth-order valence-corrected chi connectivity index (χ4v) is 4.52. The Morgan fingerprint density at radius 1 is 1.16 bits per heavy atom. The van der Waals surface area contributed by atoms with Crippen LogP contribution in [-0.2, 0) is 6.61 Å². The third kappa shape index (κ3) is 3.81. The largest absolute Gasteiger partial charge is 0.423 e. The lowest BCUT2D eigenvalue weighted by molar-refractivity contribution is 0.278.